The fraction of sp³-hybridized carbons (Fsp3) is 1.00. The number of ether oxygens (including phenoxy) is 1. The van der Waals surface area contributed by atoms with Crippen molar-refractivity contribution in [2.24, 2.45) is 11.8 Å². The largest absolute Gasteiger partial charge is 0.381 e. The minimum atomic E-state index is -1.15. The van der Waals surface area contributed by atoms with Gasteiger partial charge in [0.25, 0.3) is 0 Å². The van der Waals surface area contributed by atoms with E-state index in [2.05, 4.69) is 0 Å². The van der Waals surface area contributed by atoms with Gasteiger partial charge in [0.1, 0.15) is 0 Å². The first-order chi connectivity index (χ1) is 5.75. The van der Waals surface area contributed by atoms with Gasteiger partial charge in [0.2, 0.25) is 0 Å². The van der Waals surface area contributed by atoms with Crippen LogP contribution >= 0.6 is 0 Å². The third-order valence-corrected chi connectivity index (χ3v) is 2.73. The summed E-state index contributed by atoms with van der Waals surface area (Å²) in [4.78, 5) is 0. The second-order valence-electron chi connectivity index (χ2n) is 3.44. The molecule has 1 rings (SSSR count). The van der Waals surface area contributed by atoms with Crippen LogP contribution in [0.25, 0.3) is 0 Å². The zero-order valence-electron chi connectivity index (χ0n) is 7.57. The Morgan fingerprint density at radius 3 is 2.33 bits per heavy atom. The summed E-state index contributed by atoms with van der Waals surface area (Å²) >= 11 is 0. The molecule has 3 nitrogen and oxygen atoms in total. The van der Waals surface area contributed by atoms with Crippen molar-refractivity contribution in [3.8, 4) is 0 Å². The van der Waals surface area contributed by atoms with Gasteiger partial charge in [0.15, 0.2) is 6.29 Å². The first-order valence-corrected chi connectivity index (χ1v) is 4.69. The number of aliphatic hydroxyl groups is 2. The zero-order chi connectivity index (χ0) is 8.97. The summed E-state index contributed by atoms with van der Waals surface area (Å²) in [5.74, 6) is 0.470. The third-order valence-electron chi connectivity index (χ3n) is 2.73. The Bertz CT molecular complexity index is 119. The molecule has 1 fully saturated rings. The van der Waals surface area contributed by atoms with Crippen molar-refractivity contribution in [2.45, 2.75) is 32.5 Å². The van der Waals surface area contributed by atoms with Gasteiger partial charge in [-0.2, -0.15) is 0 Å². The molecular formula is C9H18O3. The van der Waals surface area contributed by atoms with Crippen LogP contribution in [0.15, 0.2) is 0 Å². The molecule has 3 heteroatoms. The monoisotopic (exact) mass is 174 g/mol. The molecule has 0 spiro atoms. The van der Waals surface area contributed by atoms with Crippen molar-refractivity contribution in [2.75, 3.05) is 13.2 Å². The van der Waals surface area contributed by atoms with Crippen LogP contribution in [0, 0.1) is 11.8 Å². The predicted octanol–water partition coefficient (Wildman–Crippen LogP) is 0.750. The first-order valence-electron chi connectivity index (χ1n) is 4.69. The van der Waals surface area contributed by atoms with E-state index in [1.54, 1.807) is 0 Å². The highest BCUT2D eigenvalue weighted by Gasteiger charge is 2.26. The average molecular weight is 174 g/mol. The predicted molar refractivity (Wildman–Crippen MR) is 45.5 cm³/mol. The van der Waals surface area contributed by atoms with E-state index in [9.17, 15) is 0 Å². The van der Waals surface area contributed by atoms with Crippen LogP contribution in [0.2, 0.25) is 0 Å². The van der Waals surface area contributed by atoms with Crippen molar-refractivity contribution in [1.82, 2.24) is 0 Å². The number of aliphatic hydroxyl groups excluding tert-OH is 1. The van der Waals surface area contributed by atoms with E-state index < -0.39 is 6.29 Å². The van der Waals surface area contributed by atoms with Crippen LogP contribution in [-0.4, -0.2) is 29.7 Å². The van der Waals surface area contributed by atoms with Gasteiger partial charge < -0.3 is 14.9 Å². The summed E-state index contributed by atoms with van der Waals surface area (Å²) < 4.78 is 5.21. The summed E-state index contributed by atoms with van der Waals surface area (Å²) in [5, 5.41) is 18.2. The molecule has 1 saturated heterocycles. The third kappa shape index (κ3) is 2.44. The SMILES string of the molecule is CCC(C(O)O)C1CCOCC1. The van der Waals surface area contributed by atoms with Gasteiger partial charge in [-0.15, -0.1) is 0 Å². The van der Waals surface area contributed by atoms with E-state index in [1.807, 2.05) is 6.92 Å². The van der Waals surface area contributed by atoms with Crippen molar-refractivity contribution in [3.05, 3.63) is 0 Å². The second kappa shape index (κ2) is 4.80. The van der Waals surface area contributed by atoms with Crippen LogP contribution in [-0.2, 0) is 4.74 Å². The maximum atomic E-state index is 9.08. The highest BCUT2D eigenvalue weighted by atomic mass is 16.5. The molecule has 0 saturated carbocycles. The molecule has 1 unspecified atom stereocenters. The smallest absolute Gasteiger partial charge is 0.154 e. The van der Waals surface area contributed by atoms with Gasteiger partial charge in [0.05, 0.1) is 0 Å². The van der Waals surface area contributed by atoms with Crippen molar-refractivity contribution in [1.29, 1.82) is 0 Å². The highest BCUT2D eigenvalue weighted by Crippen LogP contribution is 2.27. The van der Waals surface area contributed by atoms with Crippen LogP contribution < -0.4 is 0 Å². The van der Waals surface area contributed by atoms with Gasteiger partial charge in [-0.25, -0.2) is 0 Å². The summed E-state index contributed by atoms with van der Waals surface area (Å²) in [6, 6.07) is 0. The zero-order valence-corrected chi connectivity index (χ0v) is 7.57. The maximum absolute atomic E-state index is 9.08. The van der Waals surface area contributed by atoms with E-state index in [-0.39, 0.29) is 5.92 Å². The fourth-order valence-corrected chi connectivity index (χ4v) is 1.93. The van der Waals surface area contributed by atoms with Gasteiger partial charge in [-0.1, -0.05) is 6.92 Å². The fourth-order valence-electron chi connectivity index (χ4n) is 1.93. The molecule has 12 heavy (non-hydrogen) atoms. The van der Waals surface area contributed by atoms with E-state index in [0.717, 1.165) is 32.5 Å². The molecule has 2 N–H and O–H groups in total. The van der Waals surface area contributed by atoms with E-state index in [1.165, 1.54) is 0 Å². The number of hydrogen-bond acceptors (Lipinski definition) is 3. The average Bonchev–Trinajstić information content (AvgIpc) is 2.07. The van der Waals surface area contributed by atoms with Crippen molar-refractivity contribution >= 4 is 0 Å². The molecule has 72 valence electrons. The molecule has 1 aliphatic rings. The lowest BCUT2D eigenvalue weighted by molar-refractivity contribution is -0.113. The van der Waals surface area contributed by atoms with Crippen molar-refractivity contribution in [3.63, 3.8) is 0 Å². The molecule has 0 radical (unpaired) electrons. The summed E-state index contributed by atoms with van der Waals surface area (Å²) in [6.07, 6.45) is 1.62. The quantitative estimate of drug-likeness (QED) is 0.621. The molecule has 1 atom stereocenters. The van der Waals surface area contributed by atoms with E-state index in [0.29, 0.717) is 5.92 Å². The molecule has 1 aliphatic heterocycles. The molecule has 0 aromatic rings. The molecule has 0 aromatic carbocycles. The Balaban J connectivity index is 2.40. The van der Waals surface area contributed by atoms with Crippen LogP contribution in [0.4, 0.5) is 0 Å². The Kier molecular flexibility index (Phi) is 3.98. The molecule has 0 amide bonds. The second-order valence-corrected chi connectivity index (χ2v) is 3.44. The lowest BCUT2D eigenvalue weighted by Gasteiger charge is -2.30. The summed E-state index contributed by atoms with van der Waals surface area (Å²) in [7, 11) is 0. The molecular weight excluding hydrogens is 156 g/mol. The molecule has 0 bridgehead atoms. The number of hydrogen-bond donors (Lipinski definition) is 2. The van der Waals surface area contributed by atoms with Crippen LogP contribution in [0.3, 0.4) is 0 Å². The minimum absolute atomic E-state index is 0.0360. The summed E-state index contributed by atoms with van der Waals surface area (Å²) in [6.45, 7) is 3.54. The van der Waals surface area contributed by atoms with Crippen LogP contribution in [0.5, 0.6) is 0 Å². The summed E-state index contributed by atoms with van der Waals surface area (Å²) in [5.41, 5.74) is 0. The Hall–Kier alpha value is -0.120. The lowest BCUT2D eigenvalue weighted by Crippen LogP contribution is -2.31. The lowest BCUT2D eigenvalue weighted by atomic mass is 9.84. The Labute approximate surface area is 73.4 Å². The van der Waals surface area contributed by atoms with Crippen molar-refractivity contribution < 1.29 is 14.9 Å². The topological polar surface area (TPSA) is 49.7 Å². The first kappa shape index (κ1) is 9.96. The molecule has 0 aromatic heterocycles. The van der Waals surface area contributed by atoms with Gasteiger partial charge in [-0.05, 0) is 25.2 Å². The van der Waals surface area contributed by atoms with Gasteiger partial charge in [0, 0.05) is 19.1 Å². The highest BCUT2D eigenvalue weighted by molar-refractivity contribution is 4.73. The number of rotatable bonds is 3. The van der Waals surface area contributed by atoms with Gasteiger partial charge >= 0.3 is 0 Å². The Morgan fingerprint density at radius 1 is 1.33 bits per heavy atom. The molecule has 0 aliphatic carbocycles. The maximum Gasteiger partial charge on any atom is 0.154 e. The van der Waals surface area contributed by atoms with Crippen LogP contribution in [0.1, 0.15) is 26.2 Å². The standard InChI is InChI=1S/C9H18O3/c1-2-8(9(10)11)7-3-5-12-6-4-7/h7-11H,2-6H2,1H3. The Morgan fingerprint density at radius 2 is 1.92 bits per heavy atom. The van der Waals surface area contributed by atoms with Gasteiger partial charge in [-0.3, -0.25) is 0 Å². The normalized spacial score (nSPS) is 23.0. The minimum Gasteiger partial charge on any atom is -0.381 e. The van der Waals surface area contributed by atoms with E-state index in [4.69, 9.17) is 14.9 Å². The molecule has 1 heterocycles. The van der Waals surface area contributed by atoms with E-state index >= 15 is 0 Å².